The van der Waals surface area contributed by atoms with Crippen LogP contribution in [0.4, 0.5) is 11.4 Å². The Morgan fingerprint density at radius 1 is 1.26 bits per heavy atom. The van der Waals surface area contributed by atoms with E-state index in [1.807, 2.05) is 24.3 Å². The summed E-state index contributed by atoms with van der Waals surface area (Å²) in [5, 5.41) is 3.60. The predicted molar refractivity (Wildman–Crippen MR) is 95.8 cm³/mol. The molecule has 1 atom stereocenters. The van der Waals surface area contributed by atoms with E-state index < -0.39 is 0 Å². The lowest BCUT2D eigenvalue weighted by Crippen LogP contribution is -2.19. The van der Waals surface area contributed by atoms with Crippen molar-refractivity contribution in [3.63, 3.8) is 0 Å². The highest BCUT2D eigenvalue weighted by Gasteiger charge is 2.19. The first kappa shape index (κ1) is 16.2. The zero-order valence-electron chi connectivity index (χ0n) is 13.1. The lowest BCUT2D eigenvalue weighted by atomic mass is 10.2. The summed E-state index contributed by atoms with van der Waals surface area (Å²) in [7, 11) is 1.71. The van der Waals surface area contributed by atoms with Crippen molar-refractivity contribution in [1.29, 1.82) is 0 Å². The summed E-state index contributed by atoms with van der Waals surface area (Å²) in [5.41, 5.74) is 2.37. The summed E-state index contributed by atoms with van der Waals surface area (Å²) in [6.07, 6.45) is 1.23. The normalized spacial score (nSPS) is 17.6. The van der Waals surface area contributed by atoms with Crippen molar-refractivity contribution < 1.29 is 4.79 Å². The number of amides is 1. The summed E-state index contributed by atoms with van der Waals surface area (Å²) < 4.78 is 1.57. The molecule has 1 N–H and O–H groups in total. The molecule has 122 valence electrons. The number of nitrogens with one attached hydrogen (secondary N) is 1. The summed E-state index contributed by atoms with van der Waals surface area (Å²) in [5.74, 6) is 0.505. The van der Waals surface area contributed by atoms with Gasteiger partial charge in [0.25, 0.3) is 5.91 Å². The van der Waals surface area contributed by atoms with Gasteiger partial charge in [-0.1, -0.05) is 30.1 Å². The quantitative estimate of drug-likeness (QED) is 0.887. The molecule has 2 aromatic rings. The van der Waals surface area contributed by atoms with Crippen LogP contribution in [-0.2, 0) is 7.05 Å². The molecular weight excluding hydrogens is 333 g/mol. The molecule has 1 aliphatic heterocycles. The highest BCUT2D eigenvalue weighted by atomic mass is 35.5. The molecule has 0 bridgehead atoms. The Morgan fingerprint density at radius 3 is 2.48 bits per heavy atom. The minimum absolute atomic E-state index is 0.233. The molecule has 2 heterocycles. The fourth-order valence-corrected chi connectivity index (χ4v) is 3.26. The number of hydrogen-bond donors (Lipinski definition) is 1. The van der Waals surface area contributed by atoms with Crippen molar-refractivity contribution in [3.05, 3.63) is 46.2 Å². The van der Waals surface area contributed by atoms with E-state index in [9.17, 15) is 4.79 Å². The Labute approximate surface area is 146 Å². The molecule has 0 spiro atoms. The fourth-order valence-electron chi connectivity index (χ4n) is 2.88. The zero-order chi connectivity index (χ0) is 16.6. The summed E-state index contributed by atoms with van der Waals surface area (Å²) in [6.45, 7) is 4.45. The first-order valence-corrected chi connectivity index (χ1v) is 8.38. The molecule has 1 aliphatic rings. The summed E-state index contributed by atoms with van der Waals surface area (Å²) in [4.78, 5) is 14.7. The zero-order valence-corrected chi connectivity index (χ0v) is 14.7. The van der Waals surface area contributed by atoms with Gasteiger partial charge in [0.15, 0.2) is 0 Å². The number of hydrogen-bond acceptors (Lipinski definition) is 2. The van der Waals surface area contributed by atoms with Gasteiger partial charge in [-0.25, -0.2) is 0 Å². The molecule has 1 amide bonds. The van der Waals surface area contributed by atoms with Crippen molar-refractivity contribution >= 4 is 40.5 Å². The monoisotopic (exact) mass is 351 g/mol. The van der Waals surface area contributed by atoms with Crippen LogP contribution in [0.2, 0.25) is 10.2 Å². The molecule has 23 heavy (non-hydrogen) atoms. The number of anilines is 2. The van der Waals surface area contributed by atoms with Crippen molar-refractivity contribution in [2.45, 2.75) is 13.3 Å². The fraction of sp³-hybridized carbons (Fsp3) is 0.353. The number of carbonyl (C=O) groups is 1. The molecule has 1 fully saturated rings. The first-order chi connectivity index (χ1) is 11.0. The maximum atomic E-state index is 12.3. The highest BCUT2D eigenvalue weighted by Crippen LogP contribution is 2.27. The van der Waals surface area contributed by atoms with E-state index in [1.54, 1.807) is 17.7 Å². The Hall–Kier alpha value is -1.65. The summed E-state index contributed by atoms with van der Waals surface area (Å²) >= 11 is 11.9. The van der Waals surface area contributed by atoms with Gasteiger partial charge in [0, 0.05) is 31.5 Å². The van der Waals surface area contributed by atoms with Gasteiger partial charge in [0.1, 0.15) is 10.8 Å². The topological polar surface area (TPSA) is 37.3 Å². The highest BCUT2D eigenvalue weighted by molar-refractivity contribution is 6.42. The molecule has 0 aliphatic carbocycles. The molecule has 1 unspecified atom stereocenters. The molecule has 4 nitrogen and oxygen atoms in total. The van der Waals surface area contributed by atoms with Crippen molar-refractivity contribution in [3.8, 4) is 0 Å². The molecule has 0 saturated carbocycles. The lowest BCUT2D eigenvalue weighted by Gasteiger charge is -2.18. The van der Waals surface area contributed by atoms with E-state index in [-0.39, 0.29) is 5.91 Å². The van der Waals surface area contributed by atoms with Crippen LogP contribution < -0.4 is 10.2 Å². The van der Waals surface area contributed by atoms with Gasteiger partial charge in [0.05, 0.1) is 5.02 Å². The van der Waals surface area contributed by atoms with E-state index >= 15 is 0 Å². The largest absolute Gasteiger partial charge is 0.371 e. The van der Waals surface area contributed by atoms with Crippen LogP contribution in [0.15, 0.2) is 30.3 Å². The maximum absolute atomic E-state index is 12.3. The van der Waals surface area contributed by atoms with E-state index in [0.29, 0.717) is 15.9 Å². The van der Waals surface area contributed by atoms with Crippen LogP contribution in [0.25, 0.3) is 0 Å². The molecule has 1 aromatic carbocycles. The second kappa shape index (κ2) is 6.46. The third-order valence-corrected chi connectivity index (χ3v) is 5.11. The predicted octanol–water partition coefficient (Wildman–Crippen LogP) is 4.43. The van der Waals surface area contributed by atoms with Crippen LogP contribution in [0, 0.1) is 5.92 Å². The van der Waals surface area contributed by atoms with E-state index in [0.717, 1.165) is 24.7 Å². The van der Waals surface area contributed by atoms with Crippen LogP contribution >= 0.6 is 23.2 Å². The number of carbonyl (C=O) groups excluding carboxylic acids is 1. The third-order valence-electron chi connectivity index (χ3n) is 4.26. The Bertz CT molecular complexity index is 724. The van der Waals surface area contributed by atoms with E-state index in [4.69, 9.17) is 23.2 Å². The molecule has 0 radical (unpaired) electrons. The smallest absolute Gasteiger partial charge is 0.272 e. The average Bonchev–Trinajstić information content (AvgIpc) is 3.07. The van der Waals surface area contributed by atoms with Crippen molar-refractivity contribution in [2.75, 3.05) is 23.3 Å². The number of rotatable bonds is 3. The summed E-state index contributed by atoms with van der Waals surface area (Å²) in [6, 6.07) is 9.49. The van der Waals surface area contributed by atoms with Crippen LogP contribution in [0.1, 0.15) is 23.8 Å². The van der Waals surface area contributed by atoms with Gasteiger partial charge in [-0.15, -0.1) is 0 Å². The standard InChI is InChI=1S/C17H19Cl2N3O/c1-11-7-8-22(10-11)13-5-3-12(4-6-13)20-17(23)15-9-14(18)16(19)21(15)2/h3-6,9,11H,7-8,10H2,1-2H3,(H,20,23). The van der Waals surface area contributed by atoms with Crippen LogP contribution in [0.5, 0.6) is 0 Å². The minimum atomic E-state index is -0.233. The lowest BCUT2D eigenvalue weighted by molar-refractivity contribution is 0.101. The third kappa shape index (κ3) is 3.33. The molecule has 3 rings (SSSR count). The van der Waals surface area contributed by atoms with Gasteiger partial charge in [-0.2, -0.15) is 0 Å². The average molecular weight is 352 g/mol. The Morgan fingerprint density at radius 2 is 1.96 bits per heavy atom. The van der Waals surface area contributed by atoms with E-state index in [1.165, 1.54) is 12.1 Å². The Balaban J connectivity index is 1.70. The number of halogens is 2. The maximum Gasteiger partial charge on any atom is 0.272 e. The van der Waals surface area contributed by atoms with Crippen molar-refractivity contribution in [1.82, 2.24) is 4.57 Å². The number of benzene rings is 1. The van der Waals surface area contributed by atoms with Gasteiger partial charge < -0.3 is 14.8 Å². The first-order valence-electron chi connectivity index (χ1n) is 7.63. The molecule has 1 saturated heterocycles. The van der Waals surface area contributed by atoms with Gasteiger partial charge in [-0.05, 0) is 42.7 Å². The van der Waals surface area contributed by atoms with Gasteiger partial charge in [0.2, 0.25) is 0 Å². The molecular formula is C17H19Cl2N3O. The number of nitrogens with zero attached hydrogens (tertiary/aromatic N) is 2. The second-order valence-corrected chi connectivity index (χ2v) is 6.83. The molecule has 6 heteroatoms. The van der Waals surface area contributed by atoms with Gasteiger partial charge >= 0.3 is 0 Å². The van der Waals surface area contributed by atoms with Crippen LogP contribution in [-0.4, -0.2) is 23.6 Å². The van der Waals surface area contributed by atoms with Crippen molar-refractivity contribution in [2.24, 2.45) is 13.0 Å². The SMILES string of the molecule is CC1CCN(c2ccc(NC(=O)c3cc(Cl)c(Cl)n3C)cc2)C1. The Kier molecular flexibility index (Phi) is 4.55. The van der Waals surface area contributed by atoms with Gasteiger partial charge in [-0.3, -0.25) is 4.79 Å². The molecule has 1 aromatic heterocycles. The minimum Gasteiger partial charge on any atom is -0.371 e. The van der Waals surface area contributed by atoms with Crippen LogP contribution in [0.3, 0.4) is 0 Å². The van der Waals surface area contributed by atoms with E-state index in [2.05, 4.69) is 17.1 Å². The second-order valence-electron chi connectivity index (χ2n) is 6.07. The number of aromatic nitrogens is 1.